The zero-order valence-corrected chi connectivity index (χ0v) is 14.8. The zero-order chi connectivity index (χ0) is 20.6. The Hall–Kier alpha value is -3.69. The van der Waals surface area contributed by atoms with Gasteiger partial charge in [0, 0.05) is 24.6 Å². The standard InChI is InChI=1S/C19H14F3N5O2/c20-19(21,22)13-3-5-14(6-4-13)26-8-9-27-16(18(26)29)15(11-24-27)25-17(28)12-2-1-7-23-10-12/h1-7,10-11H,8-9H2,(H,25,28). The summed E-state index contributed by atoms with van der Waals surface area (Å²) in [6, 6.07) is 7.55. The van der Waals surface area contributed by atoms with E-state index < -0.39 is 23.6 Å². The summed E-state index contributed by atoms with van der Waals surface area (Å²) in [7, 11) is 0. The summed E-state index contributed by atoms with van der Waals surface area (Å²) < 4.78 is 39.8. The number of pyridine rings is 1. The third-order valence-electron chi connectivity index (χ3n) is 4.50. The van der Waals surface area contributed by atoms with Crippen molar-refractivity contribution in [1.29, 1.82) is 0 Å². The quantitative estimate of drug-likeness (QED) is 0.731. The first-order valence-corrected chi connectivity index (χ1v) is 8.61. The van der Waals surface area contributed by atoms with Crippen LogP contribution in [0.2, 0.25) is 0 Å². The molecule has 148 valence electrons. The SMILES string of the molecule is O=C(Nc1cnn2c1C(=O)N(c1ccc(C(F)(F)F)cc1)CC2)c1cccnc1. The molecule has 10 heteroatoms. The number of anilines is 2. The van der Waals surface area contributed by atoms with Crippen LogP contribution in [0.4, 0.5) is 24.5 Å². The predicted molar refractivity (Wildman–Crippen MR) is 97.5 cm³/mol. The minimum atomic E-state index is -4.45. The van der Waals surface area contributed by atoms with Crippen LogP contribution < -0.4 is 10.2 Å². The molecule has 1 aromatic carbocycles. The van der Waals surface area contributed by atoms with Crippen LogP contribution in [0.15, 0.2) is 55.0 Å². The molecular formula is C19H14F3N5O2. The minimum absolute atomic E-state index is 0.161. The van der Waals surface area contributed by atoms with Gasteiger partial charge in [-0.25, -0.2) is 0 Å². The number of rotatable bonds is 3. The Kier molecular flexibility index (Phi) is 4.53. The van der Waals surface area contributed by atoms with E-state index in [1.165, 1.54) is 40.3 Å². The first-order chi connectivity index (χ1) is 13.8. The molecule has 2 amide bonds. The summed E-state index contributed by atoms with van der Waals surface area (Å²) in [5, 5.41) is 6.76. The van der Waals surface area contributed by atoms with Gasteiger partial charge in [-0.15, -0.1) is 0 Å². The highest BCUT2D eigenvalue weighted by Crippen LogP contribution is 2.32. The summed E-state index contributed by atoms with van der Waals surface area (Å²) in [5.41, 5.74) is 0.240. The Bertz CT molecular complexity index is 1060. The summed E-state index contributed by atoms with van der Waals surface area (Å²) in [6.45, 7) is 0.583. The number of nitrogens with zero attached hydrogens (tertiary/aromatic N) is 4. The number of hydrogen-bond acceptors (Lipinski definition) is 4. The molecule has 0 radical (unpaired) electrons. The highest BCUT2D eigenvalue weighted by atomic mass is 19.4. The van der Waals surface area contributed by atoms with Crippen molar-refractivity contribution in [3.63, 3.8) is 0 Å². The number of benzene rings is 1. The van der Waals surface area contributed by atoms with E-state index in [2.05, 4.69) is 15.4 Å². The monoisotopic (exact) mass is 401 g/mol. The second kappa shape index (κ2) is 7.04. The van der Waals surface area contributed by atoms with Crippen molar-refractivity contribution in [2.24, 2.45) is 0 Å². The van der Waals surface area contributed by atoms with Crippen LogP contribution in [0.25, 0.3) is 0 Å². The molecule has 1 aliphatic rings. The van der Waals surface area contributed by atoms with Crippen LogP contribution in [0, 0.1) is 0 Å². The van der Waals surface area contributed by atoms with E-state index in [0.29, 0.717) is 17.8 Å². The molecule has 29 heavy (non-hydrogen) atoms. The van der Waals surface area contributed by atoms with Crippen LogP contribution in [0.5, 0.6) is 0 Å². The third kappa shape index (κ3) is 3.56. The number of carbonyl (C=O) groups is 2. The van der Waals surface area contributed by atoms with Crippen molar-refractivity contribution in [3.05, 3.63) is 71.8 Å². The highest BCUT2D eigenvalue weighted by molar-refractivity contribution is 6.12. The van der Waals surface area contributed by atoms with E-state index in [1.54, 1.807) is 12.1 Å². The van der Waals surface area contributed by atoms with Crippen LogP contribution in [0.1, 0.15) is 26.4 Å². The van der Waals surface area contributed by atoms with Crippen LogP contribution >= 0.6 is 0 Å². The van der Waals surface area contributed by atoms with Gasteiger partial charge in [-0.05, 0) is 36.4 Å². The topological polar surface area (TPSA) is 80.1 Å². The molecular weight excluding hydrogens is 387 g/mol. The van der Waals surface area contributed by atoms with Gasteiger partial charge in [-0.2, -0.15) is 18.3 Å². The van der Waals surface area contributed by atoms with Crippen molar-refractivity contribution in [2.75, 3.05) is 16.8 Å². The molecule has 0 fully saturated rings. The van der Waals surface area contributed by atoms with E-state index in [1.807, 2.05) is 0 Å². The lowest BCUT2D eigenvalue weighted by Gasteiger charge is -2.28. The maximum absolute atomic E-state index is 13.0. The average Bonchev–Trinajstić information content (AvgIpc) is 3.12. The molecule has 0 saturated heterocycles. The largest absolute Gasteiger partial charge is 0.416 e. The highest BCUT2D eigenvalue weighted by Gasteiger charge is 2.33. The van der Waals surface area contributed by atoms with Gasteiger partial charge < -0.3 is 10.2 Å². The van der Waals surface area contributed by atoms with Crippen LogP contribution in [-0.2, 0) is 12.7 Å². The molecule has 1 N–H and O–H groups in total. The van der Waals surface area contributed by atoms with E-state index in [-0.39, 0.29) is 17.9 Å². The van der Waals surface area contributed by atoms with Crippen molar-refractivity contribution < 1.29 is 22.8 Å². The maximum atomic E-state index is 13.0. The lowest BCUT2D eigenvalue weighted by molar-refractivity contribution is -0.137. The second-order valence-electron chi connectivity index (χ2n) is 6.33. The van der Waals surface area contributed by atoms with Gasteiger partial charge in [0.1, 0.15) is 5.69 Å². The van der Waals surface area contributed by atoms with Gasteiger partial charge in [0.05, 0.1) is 29.6 Å². The lowest BCUT2D eigenvalue weighted by Crippen LogP contribution is -2.41. The minimum Gasteiger partial charge on any atom is -0.319 e. The summed E-state index contributed by atoms with van der Waals surface area (Å²) in [5.74, 6) is -0.914. The Morgan fingerprint density at radius 1 is 1.07 bits per heavy atom. The van der Waals surface area contributed by atoms with Crippen LogP contribution in [-0.4, -0.2) is 33.1 Å². The van der Waals surface area contributed by atoms with Crippen molar-refractivity contribution in [3.8, 4) is 0 Å². The number of fused-ring (bicyclic) bond motifs is 1. The lowest BCUT2D eigenvalue weighted by atomic mass is 10.1. The van der Waals surface area contributed by atoms with Crippen LogP contribution in [0.3, 0.4) is 0 Å². The van der Waals surface area contributed by atoms with Crippen molar-refractivity contribution in [2.45, 2.75) is 12.7 Å². The van der Waals surface area contributed by atoms with Gasteiger partial charge in [-0.3, -0.25) is 19.3 Å². The molecule has 0 unspecified atom stereocenters. The number of amides is 2. The summed E-state index contributed by atoms with van der Waals surface area (Å²) in [4.78, 5) is 30.6. The molecule has 4 rings (SSSR count). The Balaban J connectivity index is 1.59. The summed E-state index contributed by atoms with van der Waals surface area (Å²) >= 11 is 0. The fraction of sp³-hybridized carbons (Fsp3) is 0.158. The molecule has 1 aliphatic heterocycles. The molecule has 0 spiro atoms. The molecule has 0 aliphatic carbocycles. The Morgan fingerprint density at radius 3 is 2.48 bits per heavy atom. The van der Waals surface area contributed by atoms with Crippen molar-refractivity contribution >= 4 is 23.2 Å². The van der Waals surface area contributed by atoms with Gasteiger partial charge in [0.25, 0.3) is 11.8 Å². The van der Waals surface area contributed by atoms with E-state index in [9.17, 15) is 22.8 Å². The number of nitrogens with one attached hydrogen (secondary N) is 1. The fourth-order valence-electron chi connectivity index (χ4n) is 3.06. The normalized spacial score (nSPS) is 13.9. The number of aromatic nitrogens is 3. The van der Waals surface area contributed by atoms with E-state index in [0.717, 1.165) is 12.1 Å². The first-order valence-electron chi connectivity index (χ1n) is 8.61. The average molecular weight is 401 g/mol. The Labute approximate surface area is 162 Å². The zero-order valence-electron chi connectivity index (χ0n) is 14.8. The molecule has 2 aromatic heterocycles. The van der Waals surface area contributed by atoms with Gasteiger partial charge in [0.15, 0.2) is 0 Å². The van der Waals surface area contributed by atoms with Crippen molar-refractivity contribution in [1.82, 2.24) is 14.8 Å². The van der Waals surface area contributed by atoms with Gasteiger partial charge in [0.2, 0.25) is 0 Å². The molecule has 3 heterocycles. The molecule has 3 aromatic rings. The fourth-order valence-corrected chi connectivity index (χ4v) is 3.06. The third-order valence-corrected chi connectivity index (χ3v) is 4.50. The summed E-state index contributed by atoms with van der Waals surface area (Å²) in [6.07, 6.45) is -0.157. The Morgan fingerprint density at radius 2 is 1.83 bits per heavy atom. The van der Waals surface area contributed by atoms with Gasteiger partial charge >= 0.3 is 6.18 Å². The van der Waals surface area contributed by atoms with E-state index >= 15 is 0 Å². The smallest absolute Gasteiger partial charge is 0.319 e. The molecule has 0 bridgehead atoms. The first kappa shape index (κ1) is 18.7. The molecule has 0 saturated carbocycles. The molecule has 7 nitrogen and oxygen atoms in total. The predicted octanol–water partition coefficient (Wildman–Crippen LogP) is 3.21. The number of carbonyl (C=O) groups excluding carboxylic acids is 2. The maximum Gasteiger partial charge on any atom is 0.416 e. The van der Waals surface area contributed by atoms with Gasteiger partial charge in [-0.1, -0.05) is 0 Å². The number of halogens is 3. The van der Waals surface area contributed by atoms with E-state index in [4.69, 9.17) is 0 Å². The second-order valence-corrected chi connectivity index (χ2v) is 6.33. The number of alkyl halides is 3. The molecule has 0 atom stereocenters. The number of hydrogen-bond donors (Lipinski definition) is 1.